The zero-order chi connectivity index (χ0) is 8.36. The van der Waals surface area contributed by atoms with Crippen LogP contribution in [0.2, 0.25) is 19.6 Å². The quantitative estimate of drug-likeness (QED) is 0.544. The van der Waals surface area contributed by atoms with E-state index < -0.39 is 14.8 Å². The van der Waals surface area contributed by atoms with Crippen molar-refractivity contribution >= 4 is 30.1 Å². The van der Waals surface area contributed by atoms with Gasteiger partial charge in [-0.3, -0.25) is 0 Å². The summed E-state index contributed by atoms with van der Waals surface area (Å²) in [6.07, 6.45) is 0.375. The summed E-state index contributed by atoms with van der Waals surface area (Å²) in [5.41, 5.74) is 0. The van der Waals surface area contributed by atoms with Gasteiger partial charge in [0, 0.05) is 6.10 Å². The molecule has 0 aliphatic heterocycles. The molecule has 0 aromatic rings. The average Bonchev–Trinajstić information content (AvgIpc) is 1.60. The molecule has 0 bridgehead atoms. The number of halogens is 1. The van der Waals surface area contributed by atoms with Crippen molar-refractivity contribution in [2.45, 2.75) is 39.6 Å². The molecule has 0 aliphatic rings. The van der Waals surface area contributed by atoms with E-state index in [-0.39, 0.29) is 0 Å². The predicted molar refractivity (Wildman–Crippen MR) is 54.2 cm³/mol. The second-order valence-electron chi connectivity index (χ2n) is 3.69. The Morgan fingerprint density at radius 2 is 1.70 bits per heavy atom. The van der Waals surface area contributed by atoms with Crippen molar-refractivity contribution in [2.75, 3.05) is 0 Å². The molecule has 0 aromatic heterocycles. The van der Waals surface area contributed by atoms with Gasteiger partial charge >= 0.3 is 0 Å². The Morgan fingerprint density at radius 3 is 1.80 bits per heavy atom. The monoisotopic (exact) mass is 239 g/mol. The Bertz CT molecular complexity index is 100. The molecule has 0 fully saturated rings. The van der Waals surface area contributed by atoms with Crippen molar-refractivity contribution in [1.82, 2.24) is 0 Å². The van der Waals surface area contributed by atoms with Gasteiger partial charge in [-0.2, -0.15) is 0 Å². The van der Waals surface area contributed by atoms with Gasteiger partial charge in [0.25, 0.3) is 7.18 Å². The molecular weight excluding hydrogens is 224 g/mol. The minimum atomic E-state index is -1.03. The molecule has 0 saturated carbocycles. The smallest absolute Gasteiger partial charge is 0.273 e. The molecule has 0 saturated heterocycles. The molecule has 0 aliphatic carbocycles. The van der Waals surface area contributed by atoms with E-state index in [1.807, 2.05) is 0 Å². The highest BCUT2D eigenvalue weighted by Gasteiger charge is 2.29. The lowest BCUT2D eigenvalue weighted by Gasteiger charge is -2.22. The van der Waals surface area contributed by atoms with Crippen molar-refractivity contribution in [3.63, 3.8) is 0 Å². The van der Waals surface area contributed by atoms with E-state index in [1.54, 1.807) is 0 Å². The first-order chi connectivity index (χ1) is 4.34. The highest BCUT2D eigenvalue weighted by molar-refractivity contribution is 9.26. The van der Waals surface area contributed by atoms with Gasteiger partial charge in [-0.15, -0.1) is 0 Å². The lowest BCUT2D eigenvalue weighted by Crippen LogP contribution is -2.41. The molecule has 0 unspecified atom stereocenters. The van der Waals surface area contributed by atoms with Gasteiger partial charge in [0.15, 0.2) is 0 Å². The first-order valence-electron chi connectivity index (χ1n) is 3.53. The Labute approximate surface area is 74.3 Å². The lowest BCUT2D eigenvalue weighted by molar-refractivity contribution is 0.259. The van der Waals surface area contributed by atoms with Gasteiger partial charge < -0.3 is 4.43 Å². The molecule has 0 amide bonds. The summed E-state index contributed by atoms with van der Waals surface area (Å²) < 4.78 is 5.69. The molecule has 0 rings (SSSR count). The second kappa shape index (κ2) is 4.04. The molecule has 0 N–H and O–H groups in total. The summed E-state index contributed by atoms with van der Waals surface area (Å²) in [5.74, 6) is 0. The normalized spacial score (nSPS) is 13.2. The Morgan fingerprint density at radius 1 is 1.30 bits per heavy atom. The van der Waals surface area contributed by atoms with E-state index in [9.17, 15) is 0 Å². The van der Waals surface area contributed by atoms with Crippen molar-refractivity contribution in [1.29, 1.82) is 0 Å². The van der Waals surface area contributed by atoms with Crippen molar-refractivity contribution in [3.05, 3.63) is 0 Å². The van der Waals surface area contributed by atoms with Crippen LogP contribution in [0.3, 0.4) is 0 Å². The standard InChI is InChI=1S/C6H16BrOSi2/c1-6(2)8-9(7)10(3,4)5/h6H,1-5H3. The molecule has 0 aromatic carbocycles. The SMILES string of the molecule is CC(C)O[Si](Br)[Si](C)(C)C. The molecule has 0 spiro atoms. The van der Waals surface area contributed by atoms with Crippen molar-refractivity contribution in [2.24, 2.45) is 0 Å². The van der Waals surface area contributed by atoms with Crippen LogP contribution in [0.15, 0.2) is 0 Å². The number of rotatable bonds is 3. The van der Waals surface area contributed by atoms with E-state index >= 15 is 0 Å². The average molecular weight is 240 g/mol. The van der Waals surface area contributed by atoms with Gasteiger partial charge in [-0.05, 0) is 13.8 Å². The summed E-state index contributed by atoms with van der Waals surface area (Å²) >= 11 is 3.64. The Hall–Kier alpha value is 0.874. The molecule has 4 heteroatoms. The van der Waals surface area contributed by atoms with Crippen LogP contribution in [-0.2, 0) is 4.43 Å². The van der Waals surface area contributed by atoms with Gasteiger partial charge in [0.2, 0.25) is 0 Å². The second-order valence-corrected chi connectivity index (χ2v) is 19.2. The van der Waals surface area contributed by atoms with Crippen molar-refractivity contribution in [3.8, 4) is 0 Å². The fourth-order valence-corrected chi connectivity index (χ4v) is 4.04. The first kappa shape index (κ1) is 10.9. The van der Waals surface area contributed by atoms with Crippen molar-refractivity contribution < 1.29 is 4.43 Å². The minimum Gasteiger partial charge on any atom is -0.406 e. The van der Waals surface area contributed by atoms with Gasteiger partial charge in [-0.25, -0.2) is 0 Å². The van der Waals surface area contributed by atoms with Gasteiger partial charge in [0.1, 0.15) is 0 Å². The van der Waals surface area contributed by atoms with E-state index in [1.165, 1.54) is 0 Å². The Kier molecular flexibility index (Phi) is 4.39. The molecule has 61 valence electrons. The third-order valence-corrected chi connectivity index (χ3v) is 17.9. The third kappa shape index (κ3) is 4.65. The highest BCUT2D eigenvalue weighted by Crippen LogP contribution is 2.14. The summed E-state index contributed by atoms with van der Waals surface area (Å²) in [4.78, 5) is 0. The fraction of sp³-hybridized carbons (Fsp3) is 1.00. The van der Waals surface area contributed by atoms with Crippen LogP contribution in [0.4, 0.5) is 0 Å². The van der Waals surface area contributed by atoms with E-state index in [4.69, 9.17) is 4.43 Å². The maximum absolute atomic E-state index is 5.69. The largest absolute Gasteiger partial charge is 0.406 e. The van der Waals surface area contributed by atoms with Crippen LogP contribution < -0.4 is 0 Å². The zero-order valence-corrected chi connectivity index (χ0v) is 10.9. The fourth-order valence-electron chi connectivity index (χ4n) is 0.384. The number of hydrogen-bond acceptors (Lipinski definition) is 1. The molecule has 0 heterocycles. The van der Waals surface area contributed by atoms with E-state index in [0.717, 1.165) is 0 Å². The summed E-state index contributed by atoms with van der Waals surface area (Å²) in [6.45, 7) is 11.2. The Balaban J connectivity index is 3.73. The van der Waals surface area contributed by atoms with Crippen LogP contribution in [0, 0.1) is 0 Å². The maximum atomic E-state index is 5.69. The topological polar surface area (TPSA) is 9.23 Å². The maximum Gasteiger partial charge on any atom is 0.273 e. The van der Waals surface area contributed by atoms with Crippen LogP contribution >= 0.6 is 15.3 Å². The summed E-state index contributed by atoms with van der Waals surface area (Å²) in [5, 5.41) is 0. The molecule has 1 nitrogen and oxygen atoms in total. The summed E-state index contributed by atoms with van der Waals surface area (Å²) in [7, 11) is -1.68. The van der Waals surface area contributed by atoms with Crippen LogP contribution in [0.5, 0.6) is 0 Å². The first-order valence-corrected chi connectivity index (χ1v) is 11.7. The van der Waals surface area contributed by atoms with Crippen LogP contribution in [-0.4, -0.2) is 20.9 Å². The molecule has 0 atom stereocenters. The number of hydrogen-bond donors (Lipinski definition) is 0. The van der Waals surface area contributed by atoms with Gasteiger partial charge in [0.05, 0.1) is 7.59 Å². The molecular formula is C6H16BrOSi2. The third-order valence-electron chi connectivity index (χ3n) is 0.929. The van der Waals surface area contributed by atoms with E-state index in [2.05, 4.69) is 48.8 Å². The lowest BCUT2D eigenvalue weighted by atomic mass is 10.5. The predicted octanol–water partition coefficient (Wildman–Crippen LogP) is 2.71. The zero-order valence-electron chi connectivity index (χ0n) is 7.36. The summed E-state index contributed by atoms with van der Waals surface area (Å²) in [6, 6.07) is 0. The van der Waals surface area contributed by atoms with Gasteiger partial charge in [-0.1, -0.05) is 34.9 Å². The van der Waals surface area contributed by atoms with Crippen LogP contribution in [0.1, 0.15) is 13.8 Å². The highest BCUT2D eigenvalue weighted by atomic mass is 79.9. The minimum absolute atomic E-state index is 0.375. The molecule has 1 radical (unpaired) electrons. The van der Waals surface area contributed by atoms with E-state index in [0.29, 0.717) is 6.10 Å². The van der Waals surface area contributed by atoms with Crippen LogP contribution in [0.25, 0.3) is 0 Å². The molecule has 10 heavy (non-hydrogen) atoms.